The third-order valence-electron chi connectivity index (χ3n) is 4.77. The highest BCUT2D eigenvalue weighted by Gasteiger charge is 2.24. The summed E-state index contributed by atoms with van der Waals surface area (Å²) in [7, 11) is 0. The summed E-state index contributed by atoms with van der Waals surface area (Å²) in [6, 6.07) is 9.53. The number of benzene rings is 1. The average Bonchev–Trinajstić information content (AvgIpc) is 3.20. The van der Waals surface area contributed by atoms with E-state index < -0.39 is 5.97 Å². The molecule has 0 radical (unpaired) electrons. The molecule has 0 spiro atoms. The molecule has 0 atom stereocenters. The van der Waals surface area contributed by atoms with Crippen LogP contribution in [-0.4, -0.2) is 54.5 Å². The molecule has 6 nitrogen and oxygen atoms in total. The molecule has 26 heavy (non-hydrogen) atoms. The molecule has 1 fully saturated rings. The van der Waals surface area contributed by atoms with Gasteiger partial charge in [0.15, 0.2) is 6.61 Å². The number of fused-ring (bicyclic) bond motifs is 1. The first kappa shape index (κ1) is 18.2. The molecule has 1 aromatic heterocycles. The van der Waals surface area contributed by atoms with Gasteiger partial charge in [-0.1, -0.05) is 18.2 Å². The Kier molecular flexibility index (Phi) is 5.71. The SMILES string of the molecule is CCN(CC)C(=O)COC(=O)c1cc2ccccc2nc1N1CCCC1. The van der Waals surface area contributed by atoms with Crippen LogP contribution in [-0.2, 0) is 9.53 Å². The van der Waals surface area contributed by atoms with E-state index in [-0.39, 0.29) is 12.5 Å². The van der Waals surface area contributed by atoms with Gasteiger partial charge in [-0.25, -0.2) is 9.78 Å². The molecule has 0 saturated carbocycles. The molecule has 6 heteroatoms. The molecule has 0 N–H and O–H groups in total. The van der Waals surface area contributed by atoms with E-state index in [0.29, 0.717) is 24.5 Å². The van der Waals surface area contributed by atoms with Gasteiger partial charge in [0.2, 0.25) is 0 Å². The fourth-order valence-electron chi connectivity index (χ4n) is 3.30. The number of aromatic nitrogens is 1. The molecule has 1 saturated heterocycles. The third-order valence-corrected chi connectivity index (χ3v) is 4.77. The number of carbonyl (C=O) groups excluding carboxylic acids is 2. The van der Waals surface area contributed by atoms with Crippen LogP contribution < -0.4 is 4.90 Å². The van der Waals surface area contributed by atoms with Gasteiger partial charge in [-0.3, -0.25) is 4.79 Å². The third kappa shape index (κ3) is 3.79. The van der Waals surface area contributed by atoms with Crippen LogP contribution in [0.25, 0.3) is 10.9 Å². The van der Waals surface area contributed by atoms with E-state index in [4.69, 9.17) is 9.72 Å². The Hall–Kier alpha value is -2.63. The highest BCUT2D eigenvalue weighted by Crippen LogP contribution is 2.27. The number of pyridine rings is 1. The maximum atomic E-state index is 12.7. The molecule has 1 aliphatic heterocycles. The minimum Gasteiger partial charge on any atom is -0.452 e. The minimum absolute atomic E-state index is 0.181. The predicted octanol–water partition coefficient (Wildman–Crippen LogP) is 2.86. The number of hydrogen-bond donors (Lipinski definition) is 0. The summed E-state index contributed by atoms with van der Waals surface area (Å²) < 4.78 is 5.33. The maximum Gasteiger partial charge on any atom is 0.342 e. The van der Waals surface area contributed by atoms with Crippen molar-refractivity contribution in [2.24, 2.45) is 0 Å². The van der Waals surface area contributed by atoms with Crippen LogP contribution in [0.4, 0.5) is 5.82 Å². The molecular formula is C20H25N3O3. The van der Waals surface area contributed by atoms with Gasteiger partial charge in [-0.2, -0.15) is 0 Å². The number of esters is 1. The lowest BCUT2D eigenvalue weighted by atomic mass is 10.1. The molecule has 0 bridgehead atoms. The van der Waals surface area contributed by atoms with Crippen LogP contribution in [0.15, 0.2) is 30.3 Å². The fourth-order valence-corrected chi connectivity index (χ4v) is 3.30. The number of rotatable bonds is 6. The molecule has 0 aliphatic carbocycles. The second-order valence-corrected chi connectivity index (χ2v) is 6.39. The summed E-state index contributed by atoms with van der Waals surface area (Å²) in [6.45, 7) is 6.53. The Balaban J connectivity index is 1.85. The highest BCUT2D eigenvalue weighted by molar-refractivity contribution is 6.00. The lowest BCUT2D eigenvalue weighted by molar-refractivity contribution is -0.134. The molecule has 2 aromatic rings. The smallest absolute Gasteiger partial charge is 0.342 e. The van der Waals surface area contributed by atoms with Gasteiger partial charge in [-0.05, 0) is 38.8 Å². The van der Waals surface area contributed by atoms with E-state index in [2.05, 4.69) is 4.90 Å². The van der Waals surface area contributed by atoms with Gasteiger partial charge >= 0.3 is 5.97 Å². The summed E-state index contributed by atoms with van der Waals surface area (Å²) in [5.74, 6) is -0.0213. The van der Waals surface area contributed by atoms with E-state index in [1.807, 2.05) is 44.2 Å². The van der Waals surface area contributed by atoms with Crippen LogP contribution in [0.1, 0.15) is 37.0 Å². The van der Waals surface area contributed by atoms with E-state index in [1.54, 1.807) is 4.90 Å². The first-order valence-corrected chi connectivity index (χ1v) is 9.23. The summed E-state index contributed by atoms with van der Waals surface area (Å²) in [5, 5.41) is 0.887. The second kappa shape index (κ2) is 8.17. The van der Waals surface area contributed by atoms with Crippen molar-refractivity contribution in [3.05, 3.63) is 35.9 Å². The van der Waals surface area contributed by atoms with Crippen LogP contribution in [0, 0.1) is 0 Å². The van der Waals surface area contributed by atoms with Gasteiger partial charge in [0.05, 0.1) is 5.52 Å². The topological polar surface area (TPSA) is 62.7 Å². The van der Waals surface area contributed by atoms with Crippen molar-refractivity contribution in [2.75, 3.05) is 37.7 Å². The first-order chi connectivity index (χ1) is 12.6. The van der Waals surface area contributed by atoms with E-state index in [9.17, 15) is 9.59 Å². The van der Waals surface area contributed by atoms with Crippen molar-refractivity contribution in [1.29, 1.82) is 0 Å². The van der Waals surface area contributed by atoms with Crippen LogP contribution in [0.3, 0.4) is 0 Å². The van der Waals surface area contributed by atoms with Crippen LogP contribution >= 0.6 is 0 Å². The van der Waals surface area contributed by atoms with Gasteiger partial charge in [0.25, 0.3) is 5.91 Å². The lowest BCUT2D eigenvalue weighted by Gasteiger charge is -2.21. The zero-order chi connectivity index (χ0) is 18.5. The monoisotopic (exact) mass is 355 g/mol. The van der Waals surface area contributed by atoms with Crippen molar-refractivity contribution in [3.8, 4) is 0 Å². The summed E-state index contributed by atoms with van der Waals surface area (Å²) in [4.78, 5) is 33.3. The highest BCUT2D eigenvalue weighted by atomic mass is 16.5. The number of anilines is 1. The molecule has 0 unspecified atom stereocenters. The Morgan fingerprint density at radius 1 is 1.15 bits per heavy atom. The normalized spacial score (nSPS) is 13.8. The van der Waals surface area contributed by atoms with Gasteiger partial charge in [0.1, 0.15) is 11.4 Å². The number of likely N-dealkylation sites (N-methyl/N-ethyl adjacent to an activating group) is 1. The standard InChI is InChI=1S/C20H25N3O3/c1-3-22(4-2)18(24)14-26-20(25)16-13-15-9-5-6-10-17(15)21-19(16)23-11-7-8-12-23/h5-6,9-10,13H,3-4,7-8,11-12,14H2,1-2H3. The number of nitrogens with zero attached hydrogens (tertiary/aromatic N) is 3. The lowest BCUT2D eigenvalue weighted by Crippen LogP contribution is -2.34. The number of amides is 1. The van der Waals surface area contributed by atoms with Crippen molar-refractivity contribution in [2.45, 2.75) is 26.7 Å². The fraction of sp³-hybridized carbons (Fsp3) is 0.450. The molecular weight excluding hydrogens is 330 g/mol. The van der Waals surface area contributed by atoms with Gasteiger partial charge in [0, 0.05) is 31.6 Å². The van der Waals surface area contributed by atoms with Gasteiger partial charge in [-0.15, -0.1) is 0 Å². The number of para-hydroxylation sites is 1. The number of ether oxygens (including phenoxy) is 1. The first-order valence-electron chi connectivity index (χ1n) is 9.23. The van der Waals surface area contributed by atoms with Crippen molar-refractivity contribution < 1.29 is 14.3 Å². The van der Waals surface area contributed by atoms with Crippen molar-refractivity contribution >= 4 is 28.6 Å². The zero-order valence-corrected chi connectivity index (χ0v) is 15.4. The summed E-state index contributed by atoms with van der Waals surface area (Å²) >= 11 is 0. The Morgan fingerprint density at radius 3 is 2.54 bits per heavy atom. The van der Waals surface area contributed by atoms with Crippen LogP contribution in [0.2, 0.25) is 0 Å². The molecule has 1 amide bonds. The molecule has 138 valence electrons. The molecule has 3 rings (SSSR count). The van der Waals surface area contributed by atoms with Crippen LogP contribution in [0.5, 0.6) is 0 Å². The van der Waals surface area contributed by atoms with Crippen molar-refractivity contribution in [1.82, 2.24) is 9.88 Å². The van der Waals surface area contributed by atoms with E-state index in [1.165, 1.54) is 0 Å². The van der Waals surface area contributed by atoms with Crippen molar-refractivity contribution in [3.63, 3.8) is 0 Å². The molecule has 1 aliphatic rings. The average molecular weight is 355 g/mol. The number of carbonyl (C=O) groups is 2. The molecule has 2 heterocycles. The Bertz CT molecular complexity index is 796. The quantitative estimate of drug-likeness (QED) is 0.746. The summed E-state index contributed by atoms with van der Waals surface area (Å²) in [5.41, 5.74) is 1.28. The predicted molar refractivity (Wildman–Crippen MR) is 101 cm³/mol. The van der Waals surface area contributed by atoms with Gasteiger partial charge < -0.3 is 14.5 Å². The largest absolute Gasteiger partial charge is 0.452 e. The Morgan fingerprint density at radius 2 is 1.85 bits per heavy atom. The van der Waals surface area contributed by atoms with E-state index in [0.717, 1.165) is 36.8 Å². The van der Waals surface area contributed by atoms with E-state index >= 15 is 0 Å². The number of hydrogen-bond acceptors (Lipinski definition) is 5. The summed E-state index contributed by atoms with van der Waals surface area (Å²) in [6.07, 6.45) is 2.17. The second-order valence-electron chi connectivity index (χ2n) is 6.39. The Labute approximate surface area is 153 Å². The zero-order valence-electron chi connectivity index (χ0n) is 15.4. The minimum atomic E-state index is -0.495. The molecule has 1 aromatic carbocycles. The maximum absolute atomic E-state index is 12.7.